The van der Waals surface area contributed by atoms with Crippen LogP contribution in [0.4, 0.5) is 5.69 Å². The van der Waals surface area contributed by atoms with Crippen LogP contribution in [0, 0.1) is 0 Å². The van der Waals surface area contributed by atoms with Gasteiger partial charge in [-0.15, -0.1) is 11.3 Å². The molecule has 0 bridgehead atoms. The Labute approximate surface area is 127 Å². The predicted molar refractivity (Wildman–Crippen MR) is 84.0 cm³/mol. The lowest BCUT2D eigenvalue weighted by atomic mass is 9.94. The summed E-state index contributed by atoms with van der Waals surface area (Å²) in [6.07, 6.45) is 5.30. The van der Waals surface area contributed by atoms with Crippen LogP contribution in [0.2, 0.25) is 4.34 Å². The zero-order valence-corrected chi connectivity index (χ0v) is 12.9. The fraction of sp³-hybridized carbons (Fsp3) is 0.400. The lowest BCUT2D eigenvalue weighted by Gasteiger charge is -2.24. The summed E-state index contributed by atoms with van der Waals surface area (Å²) in [5, 5.41) is 3.55. The van der Waals surface area contributed by atoms with Crippen molar-refractivity contribution in [3.8, 4) is 5.88 Å². The summed E-state index contributed by atoms with van der Waals surface area (Å²) in [6.45, 7) is 2.59. The first-order chi connectivity index (χ1) is 9.76. The second kappa shape index (κ2) is 6.02. The van der Waals surface area contributed by atoms with Crippen LogP contribution in [-0.2, 0) is 6.42 Å². The number of rotatable bonds is 4. The van der Waals surface area contributed by atoms with E-state index in [1.807, 2.05) is 25.3 Å². The molecule has 2 aromatic heterocycles. The third kappa shape index (κ3) is 2.91. The maximum atomic E-state index is 6.14. The molecule has 0 spiro atoms. The zero-order chi connectivity index (χ0) is 13.9. The van der Waals surface area contributed by atoms with Gasteiger partial charge >= 0.3 is 0 Å². The summed E-state index contributed by atoms with van der Waals surface area (Å²) >= 11 is 7.84. The van der Waals surface area contributed by atoms with Crippen LogP contribution in [-0.4, -0.2) is 11.6 Å². The molecule has 106 valence electrons. The van der Waals surface area contributed by atoms with Gasteiger partial charge in [0.1, 0.15) is 0 Å². The lowest BCUT2D eigenvalue weighted by Crippen LogP contribution is -2.15. The highest BCUT2D eigenvalue weighted by Gasteiger charge is 2.22. The van der Waals surface area contributed by atoms with Crippen LogP contribution in [0.25, 0.3) is 0 Å². The van der Waals surface area contributed by atoms with Gasteiger partial charge in [0.05, 0.1) is 28.9 Å². The Morgan fingerprint density at radius 2 is 2.40 bits per heavy atom. The van der Waals surface area contributed by atoms with Gasteiger partial charge in [-0.05, 0) is 43.9 Å². The predicted octanol–water partition coefficient (Wildman–Crippen LogP) is 4.68. The molecule has 0 radical (unpaired) electrons. The van der Waals surface area contributed by atoms with Gasteiger partial charge in [-0.2, -0.15) is 0 Å². The van der Waals surface area contributed by atoms with Gasteiger partial charge in [-0.1, -0.05) is 11.6 Å². The third-order valence-electron chi connectivity index (χ3n) is 3.45. The highest BCUT2D eigenvalue weighted by atomic mass is 35.5. The minimum Gasteiger partial charge on any atom is -0.478 e. The van der Waals surface area contributed by atoms with Gasteiger partial charge < -0.3 is 10.1 Å². The number of nitrogens with one attached hydrogen (secondary N) is 1. The third-order valence-corrected chi connectivity index (χ3v) is 4.79. The molecule has 0 fully saturated rings. The van der Waals surface area contributed by atoms with E-state index in [2.05, 4.69) is 16.4 Å². The molecule has 0 aliphatic heterocycles. The Morgan fingerprint density at radius 1 is 1.50 bits per heavy atom. The number of fused-ring (bicyclic) bond motifs is 1. The number of anilines is 1. The quantitative estimate of drug-likeness (QED) is 0.890. The smallest absolute Gasteiger partial charge is 0.213 e. The highest BCUT2D eigenvalue weighted by molar-refractivity contribution is 7.16. The van der Waals surface area contributed by atoms with Crippen LogP contribution < -0.4 is 10.1 Å². The lowest BCUT2D eigenvalue weighted by molar-refractivity contribution is 0.327. The monoisotopic (exact) mass is 308 g/mol. The average Bonchev–Trinajstić information content (AvgIpc) is 2.83. The number of hydrogen-bond donors (Lipinski definition) is 1. The molecule has 3 nitrogen and oxygen atoms in total. The van der Waals surface area contributed by atoms with Gasteiger partial charge in [0, 0.05) is 10.9 Å². The number of aromatic nitrogens is 1. The molecule has 0 saturated carbocycles. The Morgan fingerprint density at radius 3 is 3.15 bits per heavy atom. The first-order valence-electron chi connectivity index (χ1n) is 6.89. The van der Waals surface area contributed by atoms with Crippen molar-refractivity contribution in [2.45, 2.75) is 32.2 Å². The van der Waals surface area contributed by atoms with Crippen LogP contribution in [0.15, 0.2) is 24.4 Å². The van der Waals surface area contributed by atoms with E-state index in [1.54, 1.807) is 11.3 Å². The van der Waals surface area contributed by atoms with Crippen LogP contribution in [0.3, 0.4) is 0 Å². The van der Waals surface area contributed by atoms with Gasteiger partial charge in [-0.3, -0.25) is 0 Å². The van der Waals surface area contributed by atoms with Crippen LogP contribution >= 0.6 is 22.9 Å². The first kappa shape index (κ1) is 13.7. The maximum Gasteiger partial charge on any atom is 0.213 e. The summed E-state index contributed by atoms with van der Waals surface area (Å²) in [6, 6.07) is 6.35. The Balaban J connectivity index is 1.75. The number of hydrogen-bond acceptors (Lipinski definition) is 4. The van der Waals surface area contributed by atoms with Gasteiger partial charge in [0.2, 0.25) is 5.88 Å². The summed E-state index contributed by atoms with van der Waals surface area (Å²) < 4.78 is 6.24. The number of ether oxygens (including phenoxy) is 1. The van der Waals surface area contributed by atoms with E-state index in [0.29, 0.717) is 18.5 Å². The van der Waals surface area contributed by atoms with E-state index < -0.39 is 0 Å². The molecule has 5 heteroatoms. The minimum absolute atomic E-state index is 0.335. The van der Waals surface area contributed by atoms with E-state index in [1.165, 1.54) is 16.9 Å². The van der Waals surface area contributed by atoms with Crippen molar-refractivity contribution >= 4 is 28.6 Å². The van der Waals surface area contributed by atoms with Crippen molar-refractivity contribution in [3.63, 3.8) is 0 Å². The van der Waals surface area contributed by atoms with Crippen molar-refractivity contribution in [1.82, 2.24) is 4.98 Å². The molecule has 1 aliphatic rings. The van der Waals surface area contributed by atoms with Gasteiger partial charge in [0.25, 0.3) is 0 Å². The molecule has 2 heterocycles. The van der Waals surface area contributed by atoms with Crippen molar-refractivity contribution in [2.24, 2.45) is 0 Å². The van der Waals surface area contributed by atoms with E-state index in [-0.39, 0.29) is 0 Å². The Hall–Kier alpha value is -1.26. The molecule has 20 heavy (non-hydrogen) atoms. The van der Waals surface area contributed by atoms with Crippen LogP contribution in [0.5, 0.6) is 5.88 Å². The number of thiophene rings is 1. The number of pyridine rings is 1. The standard InChI is InChI=1S/C15H17ClN2OS/c1-2-19-15-7-6-10(9-17-15)18-12-4-3-5-13-11(12)8-14(16)20-13/h6-9,12,18H,2-5H2,1H3. The van der Waals surface area contributed by atoms with Gasteiger partial charge in [0.15, 0.2) is 0 Å². The minimum atomic E-state index is 0.335. The molecular formula is C15H17ClN2OS. The number of halogens is 1. The summed E-state index contributed by atoms with van der Waals surface area (Å²) in [4.78, 5) is 5.70. The summed E-state index contributed by atoms with van der Waals surface area (Å²) in [5.74, 6) is 0.668. The molecule has 1 unspecified atom stereocenters. The number of aryl methyl sites for hydroxylation is 1. The van der Waals surface area contributed by atoms with E-state index in [0.717, 1.165) is 22.9 Å². The second-order valence-electron chi connectivity index (χ2n) is 4.84. The van der Waals surface area contributed by atoms with E-state index >= 15 is 0 Å². The fourth-order valence-corrected chi connectivity index (χ4v) is 3.96. The molecule has 0 saturated heterocycles. The largest absolute Gasteiger partial charge is 0.478 e. The topological polar surface area (TPSA) is 34.1 Å². The SMILES string of the molecule is CCOc1ccc(NC2CCCc3sc(Cl)cc32)cn1. The molecule has 1 aliphatic carbocycles. The summed E-state index contributed by atoms with van der Waals surface area (Å²) in [7, 11) is 0. The normalized spacial score (nSPS) is 17.6. The maximum absolute atomic E-state index is 6.14. The van der Waals surface area contributed by atoms with Crippen molar-refractivity contribution in [2.75, 3.05) is 11.9 Å². The van der Waals surface area contributed by atoms with Crippen molar-refractivity contribution in [1.29, 1.82) is 0 Å². The molecule has 2 aromatic rings. The molecular weight excluding hydrogens is 292 g/mol. The zero-order valence-electron chi connectivity index (χ0n) is 11.4. The second-order valence-corrected chi connectivity index (χ2v) is 6.60. The molecule has 3 rings (SSSR count). The van der Waals surface area contributed by atoms with Crippen molar-refractivity contribution in [3.05, 3.63) is 39.2 Å². The molecule has 0 amide bonds. The first-order valence-corrected chi connectivity index (χ1v) is 8.09. The van der Waals surface area contributed by atoms with E-state index in [9.17, 15) is 0 Å². The van der Waals surface area contributed by atoms with Gasteiger partial charge in [-0.25, -0.2) is 4.98 Å². The van der Waals surface area contributed by atoms with Crippen LogP contribution in [0.1, 0.15) is 36.2 Å². The Bertz CT molecular complexity index is 582. The van der Waals surface area contributed by atoms with E-state index in [4.69, 9.17) is 16.3 Å². The molecule has 1 atom stereocenters. The highest BCUT2D eigenvalue weighted by Crippen LogP contribution is 2.39. The Kier molecular flexibility index (Phi) is 4.13. The van der Waals surface area contributed by atoms with Crippen molar-refractivity contribution < 1.29 is 4.74 Å². The molecule has 0 aromatic carbocycles. The average molecular weight is 309 g/mol. The summed E-state index contributed by atoms with van der Waals surface area (Å²) in [5.41, 5.74) is 2.37. The molecule has 1 N–H and O–H groups in total. The fourth-order valence-electron chi connectivity index (χ4n) is 2.57. The number of nitrogens with zero attached hydrogens (tertiary/aromatic N) is 1.